The fraction of sp³-hybridized carbons (Fsp3) is 0.462. The summed E-state index contributed by atoms with van der Waals surface area (Å²) in [6.45, 7) is 4.12. The van der Waals surface area contributed by atoms with Gasteiger partial charge in [-0.3, -0.25) is 4.79 Å². The van der Waals surface area contributed by atoms with E-state index in [1.807, 2.05) is 6.92 Å². The molecule has 0 unspecified atom stereocenters. The highest BCUT2D eigenvalue weighted by Gasteiger charge is 2.06. The molecule has 0 saturated carbocycles. The van der Waals surface area contributed by atoms with Gasteiger partial charge in [0.2, 0.25) is 0 Å². The number of hydrogen-bond acceptors (Lipinski definition) is 2. The zero-order valence-electron chi connectivity index (χ0n) is 10.2. The van der Waals surface area contributed by atoms with Crippen molar-refractivity contribution in [2.24, 2.45) is 0 Å². The Kier molecular flexibility index (Phi) is 5.84. The highest BCUT2D eigenvalue weighted by atomic mass is 35.5. The SMILES string of the molecule is CCC[C@@H](C)NC(=O)COc1ccc(Cl)cc1. The molecule has 1 N–H and O–H groups in total. The van der Waals surface area contributed by atoms with Crippen molar-refractivity contribution in [3.63, 3.8) is 0 Å². The van der Waals surface area contributed by atoms with Crippen LogP contribution in [0.3, 0.4) is 0 Å². The van der Waals surface area contributed by atoms with Crippen LogP contribution < -0.4 is 10.1 Å². The number of ether oxygens (including phenoxy) is 1. The molecule has 1 amide bonds. The third kappa shape index (κ3) is 5.59. The van der Waals surface area contributed by atoms with Crippen LogP contribution in [-0.4, -0.2) is 18.6 Å². The molecule has 17 heavy (non-hydrogen) atoms. The van der Waals surface area contributed by atoms with Gasteiger partial charge in [-0.25, -0.2) is 0 Å². The van der Waals surface area contributed by atoms with Crippen molar-refractivity contribution in [2.45, 2.75) is 32.7 Å². The Morgan fingerprint density at radius 1 is 1.41 bits per heavy atom. The van der Waals surface area contributed by atoms with E-state index in [1.54, 1.807) is 24.3 Å². The van der Waals surface area contributed by atoms with Gasteiger partial charge >= 0.3 is 0 Å². The average molecular weight is 256 g/mol. The molecule has 0 radical (unpaired) electrons. The Morgan fingerprint density at radius 3 is 2.65 bits per heavy atom. The summed E-state index contributed by atoms with van der Waals surface area (Å²) in [6.07, 6.45) is 2.03. The third-order valence-electron chi connectivity index (χ3n) is 2.31. The fourth-order valence-corrected chi connectivity index (χ4v) is 1.63. The molecule has 0 aliphatic heterocycles. The number of nitrogens with one attached hydrogen (secondary N) is 1. The molecular formula is C13H18ClNO2. The number of amides is 1. The Morgan fingerprint density at radius 2 is 2.06 bits per heavy atom. The molecule has 1 rings (SSSR count). The van der Waals surface area contributed by atoms with E-state index in [0.29, 0.717) is 10.8 Å². The van der Waals surface area contributed by atoms with Crippen LogP contribution in [0.25, 0.3) is 0 Å². The maximum atomic E-state index is 11.5. The lowest BCUT2D eigenvalue weighted by molar-refractivity contribution is -0.123. The predicted octanol–water partition coefficient (Wildman–Crippen LogP) is 3.02. The van der Waals surface area contributed by atoms with Gasteiger partial charge in [0.1, 0.15) is 5.75 Å². The Balaban J connectivity index is 2.30. The number of carbonyl (C=O) groups excluding carboxylic acids is 1. The first-order valence-corrected chi connectivity index (χ1v) is 6.17. The first kappa shape index (κ1) is 13.8. The van der Waals surface area contributed by atoms with Crippen LogP contribution in [0.5, 0.6) is 5.75 Å². The first-order valence-electron chi connectivity index (χ1n) is 5.79. The van der Waals surface area contributed by atoms with E-state index >= 15 is 0 Å². The molecule has 0 fully saturated rings. The standard InChI is InChI=1S/C13H18ClNO2/c1-3-4-10(2)15-13(16)9-17-12-7-5-11(14)6-8-12/h5-8,10H,3-4,9H2,1-2H3,(H,15,16)/t10-/m1/s1. The van der Waals surface area contributed by atoms with Gasteiger partial charge in [-0.05, 0) is 37.6 Å². The van der Waals surface area contributed by atoms with Crippen LogP contribution in [0.4, 0.5) is 0 Å². The van der Waals surface area contributed by atoms with Gasteiger partial charge in [-0.15, -0.1) is 0 Å². The topological polar surface area (TPSA) is 38.3 Å². The van der Waals surface area contributed by atoms with Gasteiger partial charge in [-0.1, -0.05) is 24.9 Å². The molecule has 1 aromatic rings. The quantitative estimate of drug-likeness (QED) is 0.849. The minimum absolute atomic E-state index is 0.0374. The largest absolute Gasteiger partial charge is 0.484 e. The van der Waals surface area contributed by atoms with Crippen LogP contribution in [0.2, 0.25) is 5.02 Å². The second kappa shape index (κ2) is 7.17. The number of rotatable bonds is 6. The summed E-state index contributed by atoms with van der Waals surface area (Å²) >= 11 is 5.74. The van der Waals surface area contributed by atoms with Crippen molar-refractivity contribution in [3.05, 3.63) is 29.3 Å². The van der Waals surface area contributed by atoms with Crippen molar-refractivity contribution in [3.8, 4) is 5.75 Å². The maximum absolute atomic E-state index is 11.5. The van der Waals surface area contributed by atoms with E-state index in [9.17, 15) is 4.79 Å². The van der Waals surface area contributed by atoms with Crippen LogP contribution in [-0.2, 0) is 4.79 Å². The summed E-state index contributed by atoms with van der Waals surface area (Å²) < 4.78 is 5.33. The molecule has 1 aromatic carbocycles. The lowest BCUT2D eigenvalue weighted by Crippen LogP contribution is -2.35. The van der Waals surface area contributed by atoms with Gasteiger partial charge in [-0.2, -0.15) is 0 Å². The van der Waals surface area contributed by atoms with Gasteiger partial charge in [0.15, 0.2) is 6.61 Å². The normalized spacial score (nSPS) is 11.9. The zero-order valence-corrected chi connectivity index (χ0v) is 11.0. The molecular weight excluding hydrogens is 238 g/mol. The van der Waals surface area contributed by atoms with E-state index in [1.165, 1.54) is 0 Å². The lowest BCUT2D eigenvalue weighted by Gasteiger charge is -2.13. The van der Waals surface area contributed by atoms with Crippen molar-refractivity contribution in [1.29, 1.82) is 0 Å². The fourth-order valence-electron chi connectivity index (χ4n) is 1.50. The monoisotopic (exact) mass is 255 g/mol. The molecule has 3 nitrogen and oxygen atoms in total. The summed E-state index contributed by atoms with van der Waals surface area (Å²) in [6, 6.07) is 7.14. The third-order valence-corrected chi connectivity index (χ3v) is 2.56. The van der Waals surface area contributed by atoms with E-state index in [2.05, 4.69) is 12.2 Å². The van der Waals surface area contributed by atoms with Crippen LogP contribution in [0.15, 0.2) is 24.3 Å². The number of hydrogen-bond donors (Lipinski definition) is 1. The predicted molar refractivity (Wildman–Crippen MR) is 69.5 cm³/mol. The smallest absolute Gasteiger partial charge is 0.258 e. The first-order chi connectivity index (χ1) is 8.11. The van der Waals surface area contributed by atoms with Crippen LogP contribution in [0.1, 0.15) is 26.7 Å². The second-order valence-electron chi connectivity index (χ2n) is 4.00. The van der Waals surface area contributed by atoms with Crippen molar-refractivity contribution in [2.75, 3.05) is 6.61 Å². The molecule has 0 saturated heterocycles. The molecule has 0 spiro atoms. The van der Waals surface area contributed by atoms with Crippen LogP contribution >= 0.6 is 11.6 Å². The van der Waals surface area contributed by atoms with Crippen molar-refractivity contribution >= 4 is 17.5 Å². The molecule has 0 bridgehead atoms. The molecule has 0 heterocycles. The maximum Gasteiger partial charge on any atom is 0.258 e. The number of benzene rings is 1. The van der Waals surface area contributed by atoms with Gasteiger partial charge < -0.3 is 10.1 Å². The summed E-state index contributed by atoms with van der Waals surface area (Å²) in [5.41, 5.74) is 0. The molecule has 94 valence electrons. The Bertz CT molecular complexity index is 351. The number of halogens is 1. The average Bonchev–Trinajstić information content (AvgIpc) is 2.28. The number of carbonyl (C=O) groups is 1. The van der Waals surface area contributed by atoms with Crippen LogP contribution in [0, 0.1) is 0 Å². The highest BCUT2D eigenvalue weighted by Crippen LogP contribution is 2.15. The van der Waals surface area contributed by atoms with Crippen molar-refractivity contribution in [1.82, 2.24) is 5.32 Å². The summed E-state index contributed by atoms with van der Waals surface area (Å²) in [5, 5.41) is 3.52. The Labute approximate surface area is 107 Å². The minimum atomic E-state index is -0.0964. The van der Waals surface area contributed by atoms with E-state index in [-0.39, 0.29) is 18.6 Å². The summed E-state index contributed by atoms with van der Waals surface area (Å²) in [4.78, 5) is 11.5. The second-order valence-corrected chi connectivity index (χ2v) is 4.44. The van der Waals surface area contributed by atoms with E-state index in [0.717, 1.165) is 12.8 Å². The lowest BCUT2D eigenvalue weighted by atomic mass is 10.2. The zero-order chi connectivity index (χ0) is 12.7. The molecule has 4 heteroatoms. The highest BCUT2D eigenvalue weighted by molar-refractivity contribution is 6.30. The summed E-state index contributed by atoms with van der Waals surface area (Å²) in [7, 11) is 0. The molecule has 0 aromatic heterocycles. The Hall–Kier alpha value is -1.22. The van der Waals surface area contributed by atoms with Gasteiger partial charge in [0.25, 0.3) is 5.91 Å². The van der Waals surface area contributed by atoms with Gasteiger partial charge in [0, 0.05) is 11.1 Å². The van der Waals surface area contributed by atoms with Crippen molar-refractivity contribution < 1.29 is 9.53 Å². The molecule has 0 aliphatic rings. The molecule has 0 aliphatic carbocycles. The molecule has 1 atom stereocenters. The van der Waals surface area contributed by atoms with E-state index in [4.69, 9.17) is 16.3 Å². The summed E-state index contributed by atoms with van der Waals surface area (Å²) in [5.74, 6) is 0.550. The van der Waals surface area contributed by atoms with Gasteiger partial charge in [0.05, 0.1) is 0 Å². The minimum Gasteiger partial charge on any atom is -0.484 e. The van der Waals surface area contributed by atoms with E-state index < -0.39 is 0 Å².